The van der Waals surface area contributed by atoms with Gasteiger partial charge in [0.25, 0.3) is 5.91 Å². The van der Waals surface area contributed by atoms with Crippen molar-refractivity contribution < 1.29 is 4.79 Å². The highest BCUT2D eigenvalue weighted by Crippen LogP contribution is 2.19. The number of pyridine rings is 1. The van der Waals surface area contributed by atoms with E-state index < -0.39 is 0 Å². The first-order valence-electron chi connectivity index (χ1n) is 7.51. The van der Waals surface area contributed by atoms with Gasteiger partial charge in [0, 0.05) is 40.7 Å². The fraction of sp³-hybridized carbons (Fsp3) is 0.111. The van der Waals surface area contributed by atoms with E-state index in [2.05, 4.69) is 25.6 Å². The summed E-state index contributed by atoms with van der Waals surface area (Å²) in [7, 11) is 0. The summed E-state index contributed by atoms with van der Waals surface area (Å²) in [6.07, 6.45) is 3.18. The molecule has 120 valence electrons. The molecule has 2 aromatic heterocycles. The standard InChI is InChI=1S/C18H17N5O/c1-12-10-13(2)21-18(20-12)23-16-5-3-4-15(11-16)22-17(24)14-6-8-19-9-7-14/h3-11H,1-2H3,(H,22,24)(H,20,21,23). The number of aromatic nitrogens is 3. The van der Waals surface area contributed by atoms with Crippen LogP contribution in [0.2, 0.25) is 0 Å². The average molecular weight is 319 g/mol. The van der Waals surface area contributed by atoms with E-state index in [1.54, 1.807) is 24.5 Å². The molecule has 2 N–H and O–H groups in total. The van der Waals surface area contributed by atoms with E-state index in [9.17, 15) is 4.79 Å². The highest BCUT2D eigenvalue weighted by atomic mass is 16.1. The van der Waals surface area contributed by atoms with Crippen molar-refractivity contribution in [2.45, 2.75) is 13.8 Å². The number of benzene rings is 1. The van der Waals surface area contributed by atoms with Crippen molar-refractivity contribution in [1.29, 1.82) is 0 Å². The van der Waals surface area contributed by atoms with Gasteiger partial charge in [-0.15, -0.1) is 0 Å². The summed E-state index contributed by atoms with van der Waals surface area (Å²) < 4.78 is 0. The number of aryl methyl sites for hydroxylation is 2. The molecule has 1 aromatic carbocycles. The van der Waals surface area contributed by atoms with Crippen LogP contribution in [0.1, 0.15) is 21.7 Å². The van der Waals surface area contributed by atoms with E-state index in [1.807, 2.05) is 44.2 Å². The van der Waals surface area contributed by atoms with E-state index in [-0.39, 0.29) is 5.91 Å². The third kappa shape index (κ3) is 3.92. The number of nitrogens with one attached hydrogen (secondary N) is 2. The first kappa shape index (κ1) is 15.6. The fourth-order valence-corrected chi connectivity index (χ4v) is 2.29. The Morgan fingerprint density at radius 1 is 0.917 bits per heavy atom. The van der Waals surface area contributed by atoms with Crippen LogP contribution in [-0.2, 0) is 0 Å². The predicted octanol–water partition coefficient (Wildman–Crippen LogP) is 3.48. The molecule has 24 heavy (non-hydrogen) atoms. The molecule has 0 bridgehead atoms. The summed E-state index contributed by atoms with van der Waals surface area (Å²) in [5.41, 5.74) is 3.83. The lowest BCUT2D eigenvalue weighted by molar-refractivity contribution is 0.102. The van der Waals surface area contributed by atoms with Crippen LogP contribution in [0, 0.1) is 13.8 Å². The van der Waals surface area contributed by atoms with Crippen LogP contribution < -0.4 is 10.6 Å². The van der Waals surface area contributed by atoms with Gasteiger partial charge in [-0.25, -0.2) is 9.97 Å². The van der Waals surface area contributed by atoms with Crippen LogP contribution in [0.25, 0.3) is 0 Å². The predicted molar refractivity (Wildman–Crippen MR) is 93.4 cm³/mol. The Balaban J connectivity index is 1.75. The molecule has 1 amide bonds. The van der Waals surface area contributed by atoms with E-state index in [1.165, 1.54) is 0 Å². The van der Waals surface area contributed by atoms with Crippen LogP contribution in [0.4, 0.5) is 17.3 Å². The zero-order valence-electron chi connectivity index (χ0n) is 13.4. The number of anilines is 3. The first-order chi connectivity index (χ1) is 11.6. The lowest BCUT2D eigenvalue weighted by Crippen LogP contribution is -2.11. The number of amides is 1. The van der Waals surface area contributed by atoms with Gasteiger partial charge >= 0.3 is 0 Å². The van der Waals surface area contributed by atoms with Crippen molar-refractivity contribution in [3.05, 3.63) is 71.8 Å². The second-order valence-corrected chi connectivity index (χ2v) is 5.37. The lowest BCUT2D eigenvalue weighted by Gasteiger charge is -2.09. The summed E-state index contributed by atoms with van der Waals surface area (Å²) in [5, 5.41) is 6.02. The van der Waals surface area contributed by atoms with E-state index >= 15 is 0 Å². The second-order valence-electron chi connectivity index (χ2n) is 5.37. The smallest absolute Gasteiger partial charge is 0.255 e. The maximum Gasteiger partial charge on any atom is 0.255 e. The summed E-state index contributed by atoms with van der Waals surface area (Å²) in [6, 6.07) is 12.7. The summed E-state index contributed by atoms with van der Waals surface area (Å²) in [4.78, 5) is 24.8. The minimum atomic E-state index is -0.183. The van der Waals surface area contributed by atoms with Gasteiger partial charge < -0.3 is 10.6 Å². The van der Waals surface area contributed by atoms with Gasteiger partial charge in [0.05, 0.1) is 0 Å². The van der Waals surface area contributed by atoms with Crippen molar-refractivity contribution in [3.63, 3.8) is 0 Å². The molecule has 6 heteroatoms. The van der Waals surface area contributed by atoms with Gasteiger partial charge in [-0.05, 0) is 50.2 Å². The van der Waals surface area contributed by atoms with Crippen molar-refractivity contribution in [2.24, 2.45) is 0 Å². The molecule has 0 atom stereocenters. The number of nitrogens with zero attached hydrogens (tertiary/aromatic N) is 3. The third-order valence-electron chi connectivity index (χ3n) is 3.30. The van der Waals surface area contributed by atoms with Crippen LogP contribution in [0.3, 0.4) is 0 Å². The summed E-state index contributed by atoms with van der Waals surface area (Å²) in [6.45, 7) is 3.84. The van der Waals surface area contributed by atoms with Gasteiger partial charge in [-0.2, -0.15) is 0 Å². The zero-order valence-corrected chi connectivity index (χ0v) is 13.4. The lowest BCUT2D eigenvalue weighted by atomic mass is 10.2. The Morgan fingerprint density at radius 3 is 2.29 bits per heavy atom. The van der Waals surface area contributed by atoms with Crippen LogP contribution >= 0.6 is 0 Å². The quantitative estimate of drug-likeness (QED) is 0.769. The Bertz CT molecular complexity index is 844. The Hall–Kier alpha value is -3.28. The molecule has 0 aliphatic carbocycles. The molecule has 0 saturated carbocycles. The Morgan fingerprint density at radius 2 is 1.58 bits per heavy atom. The first-order valence-corrected chi connectivity index (χ1v) is 7.51. The molecule has 0 unspecified atom stereocenters. The number of carbonyl (C=O) groups excluding carboxylic acids is 1. The van der Waals surface area contributed by atoms with Gasteiger partial charge in [0.15, 0.2) is 0 Å². The highest BCUT2D eigenvalue weighted by Gasteiger charge is 2.06. The molecule has 3 rings (SSSR count). The summed E-state index contributed by atoms with van der Waals surface area (Å²) >= 11 is 0. The molecule has 0 aliphatic heterocycles. The molecule has 3 aromatic rings. The largest absolute Gasteiger partial charge is 0.324 e. The molecule has 2 heterocycles. The molecule has 0 fully saturated rings. The fourth-order valence-electron chi connectivity index (χ4n) is 2.29. The molecule has 0 saturated heterocycles. The number of carbonyl (C=O) groups is 1. The van der Waals surface area contributed by atoms with Gasteiger partial charge in [-0.3, -0.25) is 9.78 Å². The molecule has 6 nitrogen and oxygen atoms in total. The van der Waals surface area contributed by atoms with Gasteiger partial charge in [0.1, 0.15) is 0 Å². The maximum absolute atomic E-state index is 12.2. The molecular weight excluding hydrogens is 302 g/mol. The maximum atomic E-state index is 12.2. The average Bonchev–Trinajstić information content (AvgIpc) is 2.55. The van der Waals surface area contributed by atoms with Crippen molar-refractivity contribution in [1.82, 2.24) is 15.0 Å². The van der Waals surface area contributed by atoms with Crippen molar-refractivity contribution in [2.75, 3.05) is 10.6 Å². The number of rotatable bonds is 4. The normalized spacial score (nSPS) is 10.2. The summed E-state index contributed by atoms with van der Waals surface area (Å²) in [5.74, 6) is 0.349. The molecule has 0 radical (unpaired) electrons. The second kappa shape index (κ2) is 6.87. The highest BCUT2D eigenvalue weighted by molar-refractivity contribution is 6.04. The van der Waals surface area contributed by atoms with E-state index in [0.29, 0.717) is 17.2 Å². The van der Waals surface area contributed by atoms with Gasteiger partial charge in [-0.1, -0.05) is 6.07 Å². The number of hydrogen-bond donors (Lipinski definition) is 2. The third-order valence-corrected chi connectivity index (χ3v) is 3.30. The van der Waals surface area contributed by atoms with Crippen molar-refractivity contribution >= 4 is 23.2 Å². The molecule has 0 spiro atoms. The zero-order chi connectivity index (χ0) is 16.9. The van der Waals surface area contributed by atoms with Crippen LogP contribution in [-0.4, -0.2) is 20.9 Å². The van der Waals surface area contributed by atoms with Gasteiger partial charge in [0.2, 0.25) is 5.95 Å². The van der Waals surface area contributed by atoms with E-state index in [0.717, 1.165) is 17.1 Å². The Labute approximate surface area is 140 Å². The SMILES string of the molecule is Cc1cc(C)nc(Nc2cccc(NC(=O)c3ccncc3)c2)n1. The topological polar surface area (TPSA) is 79.8 Å². The monoisotopic (exact) mass is 319 g/mol. The van der Waals surface area contributed by atoms with E-state index in [4.69, 9.17) is 0 Å². The molecule has 0 aliphatic rings. The molecular formula is C18H17N5O. The van der Waals surface area contributed by atoms with Crippen molar-refractivity contribution in [3.8, 4) is 0 Å². The van der Waals surface area contributed by atoms with Crippen LogP contribution in [0.5, 0.6) is 0 Å². The minimum absolute atomic E-state index is 0.183. The Kier molecular flexibility index (Phi) is 4.47. The van der Waals surface area contributed by atoms with Crippen LogP contribution in [0.15, 0.2) is 54.9 Å². The number of hydrogen-bond acceptors (Lipinski definition) is 5. The minimum Gasteiger partial charge on any atom is -0.324 e.